The number of fused-ring (bicyclic) bond motifs is 2. The number of aryl methyl sites for hydroxylation is 1. The van der Waals surface area contributed by atoms with E-state index in [2.05, 4.69) is 16.4 Å². The Balaban J connectivity index is 1.31. The Morgan fingerprint density at radius 3 is 2.76 bits per heavy atom. The van der Waals surface area contributed by atoms with Crippen LogP contribution in [0.2, 0.25) is 0 Å². The number of carbonyl (C=O) groups is 1. The van der Waals surface area contributed by atoms with Crippen molar-refractivity contribution < 1.29 is 14.3 Å². The summed E-state index contributed by atoms with van der Waals surface area (Å²) in [6.45, 7) is 2.99. The van der Waals surface area contributed by atoms with E-state index in [0.29, 0.717) is 36.2 Å². The third-order valence-electron chi connectivity index (χ3n) is 5.94. The number of H-pyrrole nitrogens is 1. The Labute approximate surface area is 169 Å². The van der Waals surface area contributed by atoms with Crippen molar-refractivity contribution >= 4 is 16.9 Å². The summed E-state index contributed by atoms with van der Waals surface area (Å²) in [5, 5.41) is 3.24. The molecule has 1 amide bonds. The minimum atomic E-state index is -0.0465. The van der Waals surface area contributed by atoms with Gasteiger partial charge in [0.15, 0.2) is 11.5 Å². The molecule has 2 aliphatic rings. The van der Waals surface area contributed by atoms with Gasteiger partial charge < -0.3 is 19.8 Å². The Morgan fingerprint density at radius 1 is 1.14 bits per heavy atom. The van der Waals surface area contributed by atoms with E-state index >= 15 is 0 Å². The zero-order chi connectivity index (χ0) is 19.8. The summed E-state index contributed by atoms with van der Waals surface area (Å²) in [4.78, 5) is 21.2. The first kappa shape index (κ1) is 18.0. The lowest BCUT2D eigenvalue weighted by molar-refractivity contribution is 0.0922. The molecule has 1 aliphatic heterocycles. The maximum absolute atomic E-state index is 13.0. The molecule has 2 unspecified atom stereocenters. The van der Waals surface area contributed by atoms with Gasteiger partial charge in [-0.1, -0.05) is 18.6 Å². The van der Waals surface area contributed by atoms with Gasteiger partial charge >= 0.3 is 0 Å². The topological polar surface area (TPSA) is 76.2 Å². The Morgan fingerprint density at radius 2 is 1.93 bits per heavy atom. The van der Waals surface area contributed by atoms with Crippen molar-refractivity contribution in [3.63, 3.8) is 0 Å². The second-order valence-electron chi connectivity index (χ2n) is 7.98. The summed E-state index contributed by atoms with van der Waals surface area (Å²) in [7, 11) is 0. The summed E-state index contributed by atoms with van der Waals surface area (Å²) in [6, 6.07) is 11.9. The fraction of sp³-hybridized carbons (Fsp3) is 0.391. The van der Waals surface area contributed by atoms with Crippen LogP contribution in [0.5, 0.6) is 11.5 Å². The number of amides is 1. The molecule has 2 N–H and O–H groups in total. The molecule has 0 spiro atoms. The number of para-hydroxylation sites is 2. The highest BCUT2D eigenvalue weighted by Crippen LogP contribution is 2.35. The fourth-order valence-electron chi connectivity index (χ4n) is 4.43. The predicted molar refractivity (Wildman–Crippen MR) is 111 cm³/mol. The highest BCUT2D eigenvalue weighted by Gasteiger charge is 2.27. The molecule has 2 aromatic carbocycles. The summed E-state index contributed by atoms with van der Waals surface area (Å²) in [5.41, 5.74) is 3.62. The van der Waals surface area contributed by atoms with Crippen molar-refractivity contribution in [1.29, 1.82) is 0 Å². The van der Waals surface area contributed by atoms with E-state index in [1.54, 1.807) is 6.07 Å². The van der Waals surface area contributed by atoms with Crippen LogP contribution in [0.3, 0.4) is 0 Å². The Hall–Kier alpha value is -3.02. The lowest BCUT2D eigenvalue weighted by Gasteiger charge is -2.29. The van der Waals surface area contributed by atoms with Crippen molar-refractivity contribution in [1.82, 2.24) is 15.3 Å². The van der Waals surface area contributed by atoms with Crippen LogP contribution in [0.15, 0.2) is 36.4 Å². The van der Waals surface area contributed by atoms with Crippen molar-refractivity contribution in [2.75, 3.05) is 13.2 Å². The van der Waals surface area contributed by atoms with Crippen LogP contribution in [0.25, 0.3) is 11.0 Å². The Kier molecular flexibility index (Phi) is 4.62. The first-order chi connectivity index (χ1) is 14.2. The van der Waals surface area contributed by atoms with Crippen LogP contribution in [-0.4, -0.2) is 35.1 Å². The van der Waals surface area contributed by atoms with Gasteiger partial charge in [-0.2, -0.15) is 0 Å². The van der Waals surface area contributed by atoms with Crippen LogP contribution in [0, 0.1) is 6.92 Å². The maximum atomic E-state index is 13.0. The van der Waals surface area contributed by atoms with Crippen LogP contribution in [0.1, 0.15) is 53.3 Å². The largest absolute Gasteiger partial charge is 0.486 e. The second kappa shape index (κ2) is 7.43. The summed E-state index contributed by atoms with van der Waals surface area (Å²) >= 11 is 0. The van der Waals surface area contributed by atoms with Crippen molar-refractivity contribution in [2.24, 2.45) is 0 Å². The molecule has 5 rings (SSSR count). The van der Waals surface area contributed by atoms with Gasteiger partial charge in [0.1, 0.15) is 19.0 Å². The quantitative estimate of drug-likeness (QED) is 0.705. The molecule has 1 aliphatic carbocycles. The third-order valence-corrected chi connectivity index (χ3v) is 5.94. The van der Waals surface area contributed by atoms with E-state index in [0.717, 1.165) is 48.1 Å². The van der Waals surface area contributed by atoms with Gasteiger partial charge in [-0.3, -0.25) is 4.79 Å². The van der Waals surface area contributed by atoms with Gasteiger partial charge in [0.25, 0.3) is 5.91 Å². The molecule has 6 nitrogen and oxygen atoms in total. The molecule has 0 saturated heterocycles. The van der Waals surface area contributed by atoms with Crippen LogP contribution < -0.4 is 14.8 Å². The van der Waals surface area contributed by atoms with E-state index < -0.39 is 0 Å². The van der Waals surface area contributed by atoms with Gasteiger partial charge in [-0.25, -0.2) is 4.98 Å². The molecule has 1 fully saturated rings. The molecule has 29 heavy (non-hydrogen) atoms. The third kappa shape index (κ3) is 3.55. The number of ether oxygens (including phenoxy) is 2. The van der Waals surface area contributed by atoms with Gasteiger partial charge in [-0.05, 0) is 56.0 Å². The molecule has 2 heterocycles. The number of rotatable bonds is 3. The summed E-state index contributed by atoms with van der Waals surface area (Å²) in [6.07, 6.45) is 4.06. The van der Waals surface area contributed by atoms with E-state index in [1.165, 1.54) is 0 Å². The number of hydrogen-bond acceptors (Lipinski definition) is 4. The van der Waals surface area contributed by atoms with Gasteiger partial charge in [0.05, 0.1) is 11.0 Å². The maximum Gasteiger partial charge on any atom is 0.251 e. The summed E-state index contributed by atoms with van der Waals surface area (Å²) in [5.74, 6) is 2.68. The molecule has 150 valence electrons. The van der Waals surface area contributed by atoms with Gasteiger partial charge in [0, 0.05) is 17.5 Å². The highest BCUT2D eigenvalue weighted by atomic mass is 16.6. The number of aromatic nitrogens is 2. The molecule has 3 aromatic rings. The lowest BCUT2D eigenvalue weighted by atomic mass is 9.85. The molecule has 6 heteroatoms. The number of nitrogens with zero attached hydrogens (tertiary/aromatic N) is 1. The second-order valence-corrected chi connectivity index (χ2v) is 7.98. The number of nitrogens with one attached hydrogen (secondary N) is 2. The van der Waals surface area contributed by atoms with E-state index in [-0.39, 0.29) is 11.9 Å². The smallest absolute Gasteiger partial charge is 0.251 e. The number of imidazole rings is 1. The zero-order valence-electron chi connectivity index (χ0n) is 16.5. The first-order valence-corrected chi connectivity index (χ1v) is 10.3. The van der Waals surface area contributed by atoms with Crippen molar-refractivity contribution in [2.45, 2.75) is 44.6 Å². The normalized spacial score (nSPS) is 21.1. The molecule has 0 radical (unpaired) electrons. The number of hydrogen-bond donors (Lipinski definition) is 2. The molecule has 1 aromatic heterocycles. The first-order valence-electron chi connectivity index (χ1n) is 10.3. The predicted octanol–water partition coefficient (Wildman–Crippen LogP) is 4.10. The van der Waals surface area contributed by atoms with E-state index in [4.69, 9.17) is 14.5 Å². The standard InChI is InChI=1S/C23H25N3O3/c1-14-11-20-21(29-10-9-28-20)13-17(14)23(27)24-16-6-4-5-15(12-16)22-25-18-7-2-3-8-19(18)26-22/h2-3,7-8,11,13,15-16H,4-6,9-10,12H2,1H3,(H,24,27)(H,25,26). The number of aromatic amines is 1. The number of carbonyl (C=O) groups excluding carboxylic acids is 1. The molecule has 1 saturated carbocycles. The fourth-order valence-corrected chi connectivity index (χ4v) is 4.43. The minimum Gasteiger partial charge on any atom is -0.486 e. The summed E-state index contributed by atoms with van der Waals surface area (Å²) < 4.78 is 11.3. The average molecular weight is 391 g/mol. The average Bonchev–Trinajstić information content (AvgIpc) is 3.18. The van der Waals surface area contributed by atoms with Gasteiger partial charge in [0.2, 0.25) is 0 Å². The van der Waals surface area contributed by atoms with Crippen LogP contribution in [-0.2, 0) is 0 Å². The minimum absolute atomic E-state index is 0.0465. The van der Waals surface area contributed by atoms with E-state index in [9.17, 15) is 4.79 Å². The van der Waals surface area contributed by atoms with Crippen molar-refractivity contribution in [3.05, 3.63) is 53.3 Å². The monoisotopic (exact) mass is 391 g/mol. The Bertz CT molecular complexity index is 1030. The lowest BCUT2D eigenvalue weighted by Crippen LogP contribution is -2.38. The zero-order valence-corrected chi connectivity index (χ0v) is 16.5. The molecule has 0 bridgehead atoms. The van der Waals surface area contributed by atoms with Gasteiger partial charge in [-0.15, -0.1) is 0 Å². The SMILES string of the molecule is Cc1cc2c(cc1C(=O)NC1CCCC(c3nc4ccccc4[nH]3)C1)OCCO2. The highest BCUT2D eigenvalue weighted by molar-refractivity contribution is 5.96. The molecular formula is C23H25N3O3. The number of benzene rings is 2. The molecular weight excluding hydrogens is 366 g/mol. The van der Waals surface area contributed by atoms with E-state index in [1.807, 2.05) is 31.2 Å². The molecule has 2 atom stereocenters. The van der Waals surface area contributed by atoms with Crippen LogP contribution >= 0.6 is 0 Å². The van der Waals surface area contributed by atoms with Crippen molar-refractivity contribution in [3.8, 4) is 11.5 Å². The van der Waals surface area contributed by atoms with Crippen LogP contribution in [0.4, 0.5) is 0 Å².